The third kappa shape index (κ3) is 8.42. The van der Waals surface area contributed by atoms with E-state index in [4.69, 9.17) is 14.2 Å². The fourth-order valence-electron chi connectivity index (χ4n) is 5.47. The number of cyclic esters (lactones) is 1. The molecule has 2 aliphatic rings. The van der Waals surface area contributed by atoms with Gasteiger partial charge in [-0.15, -0.1) is 0 Å². The molecule has 0 bridgehead atoms. The maximum absolute atomic E-state index is 13.0. The molecule has 0 saturated carbocycles. The first kappa shape index (κ1) is 29.5. The van der Waals surface area contributed by atoms with Gasteiger partial charge in [0, 0.05) is 19.6 Å². The molecule has 2 fully saturated rings. The highest BCUT2D eigenvalue weighted by atomic mass is 16.7. The predicted octanol–water partition coefficient (Wildman–Crippen LogP) is 2.78. The number of esters is 1. The Morgan fingerprint density at radius 1 is 1.15 bits per heavy atom. The Kier molecular flexibility index (Phi) is 11.2. The Labute approximate surface area is 205 Å². The number of hydrogen-bond donors (Lipinski definition) is 3. The van der Waals surface area contributed by atoms with E-state index in [0.29, 0.717) is 18.9 Å². The van der Waals surface area contributed by atoms with Crippen LogP contribution < -0.4 is 0 Å². The number of ether oxygens (including phenoxy) is 3. The Bertz CT molecular complexity index is 620. The average molecular weight is 488 g/mol. The number of likely N-dealkylation sites (N-methyl/N-ethyl adjacent to an activating group) is 1. The number of carbonyl (C=O) groups excluding carboxylic acids is 1. The predicted molar refractivity (Wildman–Crippen MR) is 130 cm³/mol. The first-order chi connectivity index (χ1) is 15.8. The first-order valence-electron chi connectivity index (χ1n) is 13.0. The minimum atomic E-state index is -1.61. The highest BCUT2D eigenvalue weighted by Crippen LogP contribution is 2.32. The zero-order valence-corrected chi connectivity index (χ0v) is 22.3. The fourth-order valence-corrected chi connectivity index (χ4v) is 5.47. The molecule has 2 heterocycles. The Morgan fingerprint density at radius 2 is 1.82 bits per heavy atom. The van der Waals surface area contributed by atoms with Crippen LogP contribution in [0.25, 0.3) is 0 Å². The van der Waals surface area contributed by atoms with E-state index < -0.39 is 29.8 Å². The molecule has 0 radical (unpaired) electrons. The van der Waals surface area contributed by atoms with Gasteiger partial charge in [0.15, 0.2) is 6.29 Å². The summed E-state index contributed by atoms with van der Waals surface area (Å²) in [6.45, 7) is 12.0. The van der Waals surface area contributed by atoms with E-state index in [1.807, 2.05) is 13.8 Å². The van der Waals surface area contributed by atoms with Crippen LogP contribution in [0.15, 0.2) is 0 Å². The highest BCUT2D eigenvalue weighted by Gasteiger charge is 2.38. The van der Waals surface area contributed by atoms with Gasteiger partial charge in [0.1, 0.15) is 18.4 Å². The van der Waals surface area contributed by atoms with Crippen LogP contribution >= 0.6 is 0 Å². The van der Waals surface area contributed by atoms with Crippen molar-refractivity contribution >= 4 is 5.97 Å². The minimum Gasteiger partial charge on any atom is -0.462 e. The normalized spacial score (nSPS) is 43.1. The van der Waals surface area contributed by atoms with Crippen molar-refractivity contribution in [2.75, 3.05) is 26.8 Å². The van der Waals surface area contributed by atoms with Crippen molar-refractivity contribution in [3.8, 4) is 0 Å². The molecule has 0 aromatic heterocycles. The van der Waals surface area contributed by atoms with E-state index in [9.17, 15) is 20.1 Å². The van der Waals surface area contributed by atoms with Crippen LogP contribution in [0.1, 0.15) is 73.6 Å². The zero-order valence-electron chi connectivity index (χ0n) is 22.3. The van der Waals surface area contributed by atoms with Gasteiger partial charge in [-0.3, -0.25) is 9.69 Å². The molecule has 6 unspecified atom stereocenters. The maximum Gasteiger partial charge on any atom is 0.311 e. The van der Waals surface area contributed by atoms with Gasteiger partial charge in [0.05, 0.1) is 18.1 Å². The first-order valence-corrected chi connectivity index (χ1v) is 13.0. The number of aliphatic hydroxyl groups is 3. The van der Waals surface area contributed by atoms with Gasteiger partial charge in [0.25, 0.3) is 0 Å². The largest absolute Gasteiger partial charge is 0.462 e. The van der Waals surface area contributed by atoms with Crippen LogP contribution in [0.4, 0.5) is 0 Å². The van der Waals surface area contributed by atoms with Crippen LogP contribution in [0.5, 0.6) is 0 Å². The third-order valence-electron chi connectivity index (χ3n) is 7.67. The van der Waals surface area contributed by atoms with Crippen molar-refractivity contribution in [2.24, 2.45) is 29.6 Å². The van der Waals surface area contributed by atoms with Gasteiger partial charge in [-0.2, -0.15) is 0 Å². The van der Waals surface area contributed by atoms with Crippen molar-refractivity contribution in [2.45, 2.75) is 104 Å². The van der Waals surface area contributed by atoms with E-state index in [1.54, 1.807) is 18.9 Å². The van der Waals surface area contributed by atoms with Crippen LogP contribution in [0.3, 0.4) is 0 Å². The lowest BCUT2D eigenvalue weighted by atomic mass is 9.81. The summed E-state index contributed by atoms with van der Waals surface area (Å²) in [5, 5.41) is 31.4. The van der Waals surface area contributed by atoms with Gasteiger partial charge >= 0.3 is 5.97 Å². The zero-order chi connectivity index (χ0) is 25.6. The van der Waals surface area contributed by atoms with Crippen molar-refractivity contribution in [1.82, 2.24) is 4.90 Å². The molecule has 0 spiro atoms. The van der Waals surface area contributed by atoms with E-state index >= 15 is 0 Å². The van der Waals surface area contributed by atoms with Gasteiger partial charge < -0.3 is 29.5 Å². The summed E-state index contributed by atoms with van der Waals surface area (Å²) in [4.78, 5) is 14.7. The summed E-state index contributed by atoms with van der Waals surface area (Å²) in [5.41, 5.74) is -1.61. The highest BCUT2D eigenvalue weighted by molar-refractivity contribution is 5.72. The van der Waals surface area contributed by atoms with E-state index in [2.05, 4.69) is 13.8 Å². The van der Waals surface area contributed by atoms with Crippen LogP contribution in [-0.4, -0.2) is 83.3 Å². The summed E-state index contributed by atoms with van der Waals surface area (Å²) < 4.78 is 17.9. The molecule has 8 nitrogen and oxygen atoms in total. The SMILES string of the molecule is CC1CC(C)O[C@@H](O[C@H]2CCC(C(C)CO)C[C@@H](C)CN(C)C(O)[C@](C)(O)COC(=O)C2C)C1. The molecule has 0 amide bonds. The number of rotatable bonds is 4. The molecular formula is C26H49NO7. The standard InChI is InChI=1S/C26H49NO7/c1-16-10-19(4)33-23(12-16)34-22-9-8-21(18(3)14-28)11-17(2)13-27(7)25(30)26(6,31)15-32-24(29)20(22)5/h16-23,25,28,30-31H,8-15H2,1-7H3/t16?,17-,18?,19?,20?,21?,22+,23+,25?,26-/m1/s1. The molecule has 2 saturated heterocycles. The van der Waals surface area contributed by atoms with Gasteiger partial charge in [-0.05, 0) is 77.2 Å². The molecule has 2 rings (SSSR count). The maximum atomic E-state index is 13.0. The molecule has 2 aliphatic heterocycles. The van der Waals surface area contributed by atoms with E-state index in [1.165, 1.54) is 6.92 Å². The van der Waals surface area contributed by atoms with Crippen molar-refractivity contribution in [1.29, 1.82) is 0 Å². The Hall–Kier alpha value is -0.770. The van der Waals surface area contributed by atoms with Crippen LogP contribution in [0.2, 0.25) is 0 Å². The summed E-state index contributed by atoms with van der Waals surface area (Å²) in [6, 6.07) is 0. The average Bonchev–Trinajstić information content (AvgIpc) is 2.76. The summed E-state index contributed by atoms with van der Waals surface area (Å²) in [5.74, 6) is 0.0173. The summed E-state index contributed by atoms with van der Waals surface area (Å²) in [6.07, 6.45) is 2.23. The molecular weight excluding hydrogens is 438 g/mol. The molecule has 34 heavy (non-hydrogen) atoms. The van der Waals surface area contributed by atoms with Crippen LogP contribution in [0, 0.1) is 29.6 Å². The lowest BCUT2D eigenvalue weighted by molar-refractivity contribution is -0.232. The monoisotopic (exact) mass is 487 g/mol. The second-order valence-electron chi connectivity index (χ2n) is 11.5. The third-order valence-corrected chi connectivity index (χ3v) is 7.67. The van der Waals surface area contributed by atoms with E-state index in [0.717, 1.165) is 25.7 Å². The smallest absolute Gasteiger partial charge is 0.311 e. The summed E-state index contributed by atoms with van der Waals surface area (Å²) in [7, 11) is 1.76. The van der Waals surface area contributed by atoms with Gasteiger partial charge in [-0.1, -0.05) is 20.8 Å². The molecule has 0 aromatic rings. The fraction of sp³-hybridized carbons (Fsp3) is 0.962. The molecule has 10 atom stereocenters. The van der Waals surface area contributed by atoms with Gasteiger partial charge in [-0.25, -0.2) is 0 Å². The lowest BCUT2D eigenvalue weighted by Crippen LogP contribution is -2.54. The van der Waals surface area contributed by atoms with E-state index in [-0.39, 0.29) is 43.4 Å². The lowest BCUT2D eigenvalue weighted by Gasteiger charge is -2.38. The van der Waals surface area contributed by atoms with Crippen molar-refractivity contribution in [3.63, 3.8) is 0 Å². The van der Waals surface area contributed by atoms with Gasteiger partial charge in [0.2, 0.25) is 0 Å². The van der Waals surface area contributed by atoms with Crippen molar-refractivity contribution in [3.05, 3.63) is 0 Å². The molecule has 8 heteroatoms. The molecule has 3 N–H and O–H groups in total. The molecule has 200 valence electrons. The number of nitrogens with zero attached hydrogens (tertiary/aromatic N) is 1. The number of aliphatic hydroxyl groups excluding tert-OH is 2. The van der Waals surface area contributed by atoms with Crippen LogP contribution in [-0.2, 0) is 19.0 Å². The summed E-state index contributed by atoms with van der Waals surface area (Å²) >= 11 is 0. The number of carbonyl (C=O) groups is 1. The number of hydrogen-bond acceptors (Lipinski definition) is 8. The molecule has 0 aliphatic carbocycles. The quantitative estimate of drug-likeness (QED) is 0.520. The second kappa shape index (κ2) is 13.0. The topological polar surface area (TPSA) is 109 Å². The molecule has 0 aromatic carbocycles. The second-order valence-corrected chi connectivity index (χ2v) is 11.5. The Morgan fingerprint density at radius 3 is 2.44 bits per heavy atom. The minimum absolute atomic E-state index is 0.0917. The van der Waals surface area contributed by atoms with Crippen molar-refractivity contribution < 1.29 is 34.3 Å². The Balaban J connectivity index is 2.26.